The quantitative estimate of drug-likeness (QED) is 0.742. The topological polar surface area (TPSA) is 72.9 Å². The number of halogens is 3. The van der Waals surface area contributed by atoms with Gasteiger partial charge in [-0.25, -0.2) is 4.68 Å². The van der Waals surface area contributed by atoms with Crippen LogP contribution in [-0.2, 0) is 11.2 Å². The van der Waals surface area contributed by atoms with Crippen molar-refractivity contribution in [1.82, 2.24) is 15.1 Å². The van der Waals surface area contributed by atoms with Gasteiger partial charge in [0.2, 0.25) is 5.91 Å². The number of nitrogens with one attached hydrogen (secondary N) is 1. The van der Waals surface area contributed by atoms with Gasteiger partial charge >= 0.3 is 6.55 Å². The minimum absolute atomic E-state index is 0. The number of hydrogen-bond donors (Lipinski definition) is 2. The molecule has 0 spiro atoms. The Labute approximate surface area is 164 Å². The Bertz CT molecular complexity index is 760. The van der Waals surface area contributed by atoms with Crippen molar-refractivity contribution in [2.45, 2.75) is 52.6 Å². The maximum Gasteiger partial charge on any atom is 0.333 e. The Morgan fingerprint density at radius 1 is 1.19 bits per heavy atom. The van der Waals surface area contributed by atoms with Crippen molar-refractivity contribution in [1.29, 1.82) is 0 Å². The Morgan fingerprint density at radius 2 is 1.74 bits per heavy atom. The molecule has 3 N–H and O–H groups in total. The van der Waals surface area contributed by atoms with Gasteiger partial charge in [0.15, 0.2) is 0 Å². The molecule has 0 aliphatic heterocycles. The molecule has 1 aromatic heterocycles. The van der Waals surface area contributed by atoms with Gasteiger partial charge in [-0.2, -0.15) is 13.9 Å². The number of alkyl halides is 2. The number of nitrogens with two attached hydrogens (primary N) is 1. The van der Waals surface area contributed by atoms with Crippen LogP contribution in [-0.4, -0.2) is 22.2 Å². The summed E-state index contributed by atoms with van der Waals surface area (Å²) in [4.78, 5) is 12.2. The SMILES string of the molecule is Cc1nn(C(F)F)c(C)c1CC(=O)NCC(N)c1ccc(C(C)C)cc1.Cl. The Morgan fingerprint density at radius 3 is 2.22 bits per heavy atom. The zero-order chi connectivity index (χ0) is 19.4. The summed E-state index contributed by atoms with van der Waals surface area (Å²) in [6.45, 7) is 4.96. The summed E-state index contributed by atoms with van der Waals surface area (Å²) in [5.74, 6) is 0.180. The average Bonchev–Trinajstić information content (AvgIpc) is 2.88. The van der Waals surface area contributed by atoms with Crippen LogP contribution >= 0.6 is 12.4 Å². The Hall–Kier alpha value is -1.99. The standard InChI is InChI=1S/C19H26F2N4O.ClH/c1-11(2)14-5-7-15(8-6-14)17(22)10-23-18(26)9-16-12(3)24-25(13(16)4)19(20)21;/h5-8,11,17,19H,9-10,22H2,1-4H3,(H,23,26);1H. The number of rotatable bonds is 7. The first kappa shape index (κ1) is 23.0. The van der Waals surface area contributed by atoms with Crippen LogP contribution in [0.3, 0.4) is 0 Å². The smallest absolute Gasteiger partial charge is 0.333 e. The van der Waals surface area contributed by atoms with Gasteiger partial charge in [0.25, 0.3) is 0 Å². The lowest BCUT2D eigenvalue weighted by Crippen LogP contribution is -2.33. The molecule has 0 fully saturated rings. The summed E-state index contributed by atoms with van der Waals surface area (Å²) in [5, 5.41) is 6.56. The molecule has 1 aromatic carbocycles. The zero-order valence-corrected chi connectivity index (χ0v) is 16.8. The first-order valence-corrected chi connectivity index (χ1v) is 8.65. The molecule has 1 atom stereocenters. The molecule has 0 saturated heterocycles. The maximum atomic E-state index is 12.9. The van der Waals surface area contributed by atoms with Gasteiger partial charge in [-0.05, 0) is 30.9 Å². The van der Waals surface area contributed by atoms with E-state index in [0.29, 0.717) is 27.6 Å². The molecule has 2 rings (SSSR count). The van der Waals surface area contributed by atoms with E-state index in [2.05, 4.69) is 24.3 Å². The molecule has 8 heteroatoms. The van der Waals surface area contributed by atoms with Gasteiger partial charge in [0, 0.05) is 23.8 Å². The second-order valence-corrected chi connectivity index (χ2v) is 6.78. The van der Waals surface area contributed by atoms with Gasteiger partial charge in [-0.1, -0.05) is 38.1 Å². The molecule has 0 aliphatic carbocycles. The van der Waals surface area contributed by atoms with E-state index in [0.717, 1.165) is 5.56 Å². The monoisotopic (exact) mass is 400 g/mol. The second kappa shape index (κ2) is 9.80. The van der Waals surface area contributed by atoms with E-state index in [9.17, 15) is 13.6 Å². The van der Waals surface area contributed by atoms with Crippen molar-refractivity contribution < 1.29 is 13.6 Å². The first-order valence-electron chi connectivity index (χ1n) is 8.65. The minimum Gasteiger partial charge on any atom is -0.354 e. The lowest BCUT2D eigenvalue weighted by atomic mass is 9.99. The van der Waals surface area contributed by atoms with Crippen molar-refractivity contribution in [2.24, 2.45) is 5.73 Å². The van der Waals surface area contributed by atoms with Crippen LogP contribution in [0.2, 0.25) is 0 Å². The molecule has 0 bridgehead atoms. The van der Waals surface area contributed by atoms with Crippen molar-refractivity contribution in [3.8, 4) is 0 Å². The van der Waals surface area contributed by atoms with Crippen molar-refractivity contribution in [3.05, 3.63) is 52.3 Å². The van der Waals surface area contributed by atoms with Crippen LogP contribution in [0.25, 0.3) is 0 Å². The van der Waals surface area contributed by atoms with E-state index in [4.69, 9.17) is 5.73 Å². The molecular weight excluding hydrogens is 374 g/mol. The molecular formula is C19H27ClF2N4O. The van der Waals surface area contributed by atoms with Crippen molar-refractivity contribution in [3.63, 3.8) is 0 Å². The average molecular weight is 401 g/mol. The van der Waals surface area contributed by atoms with Crippen LogP contribution in [0.4, 0.5) is 8.78 Å². The highest BCUT2D eigenvalue weighted by molar-refractivity contribution is 5.85. The normalized spacial score (nSPS) is 12.2. The number of carbonyl (C=O) groups is 1. The highest BCUT2D eigenvalue weighted by Crippen LogP contribution is 2.20. The zero-order valence-electron chi connectivity index (χ0n) is 16.0. The lowest BCUT2D eigenvalue weighted by molar-refractivity contribution is -0.120. The number of nitrogens with zero attached hydrogens (tertiary/aromatic N) is 2. The van der Waals surface area contributed by atoms with Crippen LogP contribution < -0.4 is 11.1 Å². The van der Waals surface area contributed by atoms with Gasteiger partial charge in [-0.3, -0.25) is 4.79 Å². The minimum atomic E-state index is -2.72. The molecule has 0 radical (unpaired) electrons. The molecule has 1 unspecified atom stereocenters. The third-order valence-electron chi connectivity index (χ3n) is 4.55. The number of carbonyl (C=O) groups excluding carboxylic acids is 1. The Balaban J connectivity index is 0.00000364. The molecule has 27 heavy (non-hydrogen) atoms. The highest BCUT2D eigenvalue weighted by atomic mass is 35.5. The fourth-order valence-corrected chi connectivity index (χ4v) is 2.84. The van der Waals surface area contributed by atoms with E-state index in [-0.39, 0.29) is 37.3 Å². The molecule has 1 heterocycles. The molecule has 5 nitrogen and oxygen atoms in total. The van der Waals surface area contributed by atoms with Crippen LogP contribution in [0.5, 0.6) is 0 Å². The van der Waals surface area contributed by atoms with E-state index >= 15 is 0 Å². The summed E-state index contributed by atoms with van der Waals surface area (Å²) in [5.41, 5.74) is 9.57. The van der Waals surface area contributed by atoms with E-state index in [1.54, 1.807) is 6.92 Å². The second-order valence-electron chi connectivity index (χ2n) is 6.78. The van der Waals surface area contributed by atoms with Gasteiger partial charge in [0.05, 0.1) is 12.1 Å². The van der Waals surface area contributed by atoms with Crippen LogP contribution in [0.15, 0.2) is 24.3 Å². The molecule has 150 valence electrons. The number of aromatic nitrogens is 2. The van der Waals surface area contributed by atoms with Gasteiger partial charge < -0.3 is 11.1 Å². The maximum absolute atomic E-state index is 12.9. The summed E-state index contributed by atoms with van der Waals surface area (Å²) in [7, 11) is 0. The summed E-state index contributed by atoms with van der Waals surface area (Å²) < 4.78 is 26.4. The summed E-state index contributed by atoms with van der Waals surface area (Å²) in [6, 6.07) is 7.67. The number of hydrogen-bond acceptors (Lipinski definition) is 3. The molecule has 1 amide bonds. The molecule has 0 aliphatic rings. The highest BCUT2D eigenvalue weighted by Gasteiger charge is 2.19. The predicted molar refractivity (Wildman–Crippen MR) is 104 cm³/mol. The first-order chi connectivity index (χ1) is 12.2. The lowest BCUT2D eigenvalue weighted by Gasteiger charge is -2.15. The number of aryl methyl sites for hydroxylation is 1. The molecule has 0 saturated carbocycles. The third-order valence-corrected chi connectivity index (χ3v) is 4.55. The largest absolute Gasteiger partial charge is 0.354 e. The van der Waals surface area contributed by atoms with Crippen LogP contribution in [0, 0.1) is 13.8 Å². The van der Waals surface area contributed by atoms with Crippen molar-refractivity contribution >= 4 is 18.3 Å². The summed E-state index contributed by atoms with van der Waals surface area (Å²) in [6.07, 6.45) is 0.00337. The van der Waals surface area contributed by atoms with Crippen molar-refractivity contribution in [2.75, 3.05) is 6.54 Å². The van der Waals surface area contributed by atoms with E-state index in [1.165, 1.54) is 12.5 Å². The Kier molecular flexibility index (Phi) is 8.37. The van der Waals surface area contributed by atoms with Crippen LogP contribution in [0.1, 0.15) is 60.4 Å². The number of benzene rings is 1. The van der Waals surface area contributed by atoms with E-state index < -0.39 is 6.55 Å². The predicted octanol–water partition coefficient (Wildman–Crippen LogP) is 3.80. The van der Waals surface area contributed by atoms with Gasteiger partial charge in [-0.15, -0.1) is 12.4 Å². The number of amides is 1. The molecule has 2 aromatic rings. The summed E-state index contributed by atoms with van der Waals surface area (Å²) >= 11 is 0. The third kappa shape index (κ3) is 5.74. The fraction of sp³-hybridized carbons (Fsp3) is 0.474. The van der Waals surface area contributed by atoms with E-state index in [1.807, 2.05) is 24.3 Å². The van der Waals surface area contributed by atoms with Gasteiger partial charge in [0.1, 0.15) is 0 Å². The fourth-order valence-electron chi connectivity index (χ4n) is 2.84.